The van der Waals surface area contributed by atoms with E-state index in [0.717, 1.165) is 28.3 Å². The van der Waals surface area contributed by atoms with E-state index in [-0.39, 0.29) is 12.2 Å². The third-order valence-electron chi connectivity index (χ3n) is 4.94. The molecule has 31 heavy (non-hydrogen) atoms. The molecule has 0 aliphatic heterocycles. The Bertz CT molecular complexity index is 922. The summed E-state index contributed by atoms with van der Waals surface area (Å²) in [4.78, 5) is 24.1. The number of carbonyl (C=O) groups excluding carboxylic acids is 2. The van der Waals surface area contributed by atoms with Gasteiger partial charge in [0.1, 0.15) is 17.1 Å². The summed E-state index contributed by atoms with van der Waals surface area (Å²) in [6.07, 6.45) is -0.209. The van der Waals surface area contributed by atoms with Crippen molar-refractivity contribution in [2.75, 3.05) is 13.7 Å². The Labute approximate surface area is 185 Å². The van der Waals surface area contributed by atoms with Crippen LogP contribution >= 0.6 is 0 Å². The van der Waals surface area contributed by atoms with Crippen molar-refractivity contribution in [1.82, 2.24) is 15.1 Å². The lowest BCUT2D eigenvalue weighted by Gasteiger charge is -2.27. The van der Waals surface area contributed by atoms with E-state index in [1.165, 1.54) is 0 Å². The Morgan fingerprint density at radius 1 is 1.10 bits per heavy atom. The Balaban J connectivity index is 2.30. The summed E-state index contributed by atoms with van der Waals surface area (Å²) < 4.78 is 12.5. The zero-order chi connectivity index (χ0) is 23.4. The lowest BCUT2D eigenvalue weighted by atomic mass is 9.82. The molecule has 1 aromatic carbocycles. The van der Waals surface area contributed by atoms with Gasteiger partial charge in [-0.05, 0) is 52.3 Å². The van der Waals surface area contributed by atoms with Gasteiger partial charge in [-0.3, -0.25) is 9.48 Å². The summed E-state index contributed by atoms with van der Waals surface area (Å²) in [5.74, 6) is 0.847. The number of nitrogens with zero attached hydrogens (tertiary/aromatic N) is 2. The number of ether oxygens (including phenoxy) is 2. The number of alkyl carbamates (subject to hydrolysis) is 1. The van der Waals surface area contributed by atoms with E-state index in [9.17, 15) is 9.59 Å². The first kappa shape index (κ1) is 24.4. The fourth-order valence-corrected chi connectivity index (χ4v) is 3.60. The number of nitrogens with one attached hydrogen (secondary N) is 1. The highest BCUT2D eigenvalue weighted by Crippen LogP contribution is 2.30. The van der Waals surface area contributed by atoms with Crippen LogP contribution in [0.3, 0.4) is 0 Å². The Morgan fingerprint density at radius 2 is 1.71 bits per heavy atom. The molecule has 0 radical (unpaired) electrons. The monoisotopic (exact) mass is 429 g/mol. The third-order valence-corrected chi connectivity index (χ3v) is 4.94. The summed E-state index contributed by atoms with van der Waals surface area (Å²) >= 11 is 0. The quantitative estimate of drug-likeness (QED) is 0.681. The molecule has 1 heterocycles. The van der Waals surface area contributed by atoms with Crippen molar-refractivity contribution in [3.63, 3.8) is 0 Å². The largest absolute Gasteiger partial charge is 0.497 e. The average Bonchev–Trinajstić information content (AvgIpc) is 2.94. The van der Waals surface area contributed by atoms with Crippen LogP contribution in [0.5, 0.6) is 5.75 Å². The van der Waals surface area contributed by atoms with E-state index in [2.05, 4.69) is 5.32 Å². The van der Waals surface area contributed by atoms with Crippen LogP contribution in [0.1, 0.15) is 64.1 Å². The van der Waals surface area contributed by atoms with E-state index in [4.69, 9.17) is 14.6 Å². The van der Waals surface area contributed by atoms with Crippen molar-refractivity contribution >= 4 is 11.9 Å². The number of hydrogen-bond acceptors (Lipinski definition) is 5. The van der Waals surface area contributed by atoms with E-state index in [1.807, 2.05) is 70.5 Å². The van der Waals surface area contributed by atoms with E-state index in [0.29, 0.717) is 13.1 Å². The van der Waals surface area contributed by atoms with Crippen molar-refractivity contribution in [2.24, 2.45) is 0 Å². The molecular formula is C24H35N3O4. The molecule has 2 aromatic rings. The predicted octanol–water partition coefficient (Wildman–Crippen LogP) is 4.18. The van der Waals surface area contributed by atoms with Crippen LogP contribution in [-0.4, -0.2) is 40.9 Å². The molecule has 1 aromatic heterocycles. The minimum absolute atomic E-state index is 0.0475. The predicted molar refractivity (Wildman–Crippen MR) is 121 cm³/mol. The van der Waals surface area contributed by atoms with Crippen LogP contribution in [-0.2, 0) is 27.9 Å². The molecule has 1 amide bonds. The Kier molecular flexibility index (Phi) is 7.52. The van der Waals surface area contributed by atoms with Gasteiger partial charge in [0.15, 0.2) is 0 Å². The van der Waals surface area contributed by atoms with E-state index < -0.39 is 17.1 Å². The van der Waals surface area contributed by atoms with Gasteiger partial charge >= 0.3 is 6.09 Å². The summed E-state index contributed by atoms with van der Waals surface area (Å²) in [7, 11) is 1.64. The molecule has 0 spiro atoms. The van der Waals surface area contributed by atoms with Crippen molar-refractivity contribution in [3.05, 3.63) is 46.8 Å². The highest BCUT2D eigenvalue weighted by Gasteiger charge is 2.31. The molecule has 0 bridgehead atoms. The Hall–Kier alpha value is -2.83. The fraction of sp³-hybridized carbons (Fsp3) is 0.542. The minimum Gasteiger partial charge on any atom is -0.497 e. The van der Waals surface area contributed by atoms with Crippen LogP contribution < -0.4 is 10.1 Å². The van der Waals surface area contributed by atoms with Gasteiger partial charge in [0, 0.05) is 23.2 Å². The Morgan fingerprint density at radius 3 is 2.23 bits per heavy atom. The zero-order valence-corrected chi connectivity index (χ0v) is 20.0. The third kappa shape index (κ3) is 6.84. The molecule has 1 N–H and O–H groups in total. The van der Waals surface area contributed by atoms with Crippen molar-refractivity contribution in [1.29, 1.82) is 0 Å². The fourth-order valence-electron chi connectivity index (χ4n) is 3.60. The molecule has 0 aliphatic carbocycles. The van der Waals surface area contributed by atoms with Gasteiger partial charge in [0.2, 0.25) is 0 Å². The number of rotatable bonds is 8. The number of Topliss-reactive ketones (excluding diaryl/α,β-unsaturated/α-hetero) is 1. The number of hydrogen-bond donors (Lipinski definition) is 1. The molecule has 0 atom stereocenters. The van der Waals surface area contributed by atoms with Gasteiger partial charge in [-0.2, -0.15) is 5.10 Å². The lowest BCUT2D eigenvalue weighted by Crippen LogP contribution is -2.40. The number of aromatic nitrogens is 2. The maximum Gasteiger partial charge on any atom is 0.407 e. The highest BCUT2D eigenvalue weighted by molar-refractivity contribution is 5.78. The number of benzene rings is 1. The van der Waals surface area contributed by atoms with Crippen LogP contribution in [0.2, 0.25) is 0 Å². The van der Waals surface area contributed by atoms with Crippen LogP contribution in [0.4, 0.5) is 4.79 Å². The molecule has 0 saturated heterocycles. The molecule has 7 nitrogen and oxygen atoms in total. The zero-order valence-electron chi connectivity index (χ0n) is 20.0. The average molecular weight is 430 g/mol. The minimum atomic E-state index is -0.562. The van der Waals surface area contributed by atoms with E-state index in [1.54, 1.807) is 14.0 Å². The summed E-state index contributed by atoms with van der Waals surface area (Å²) in [6.45, 7) is 14.1. The van der Waals surface area contributed by atoms with Crippen molar-refractivity contribution in [3.8, 4) is 5.75 Å². The van der Waals surface area contributed by atoms with Crippen LogP contribution in [0.25, 0.3) is 0 Å². The molecule has 0 aliphatic rings. The molecule has 0 fully saturated rings. The van der Waals surface area contributed by atoms with Crippen molar-refractivity contribution < 1.29 is 19.1 Å². The van der Waals surface area contributed by atoms with E-state index >= 15 is 0 Å². The first-order valence-electron chi connectivity index (χ1n) is 10.5. The number of ketones is 1. The second-order valence-electron chi connectivity index (χ2n) is 9.53. The first-order valence-corrected chi connectivity index (χ1v) is 10.5. The van der Waals surface area contributed by atoms with Gasteiger partial charge in [-0.15, -0.1) is 0 Å². The number of carbonyl (C=O) groups is 2. The summed E-state index contributed by atoms with van der Waals surface area (Å²) in [6, 6.07) is 7.83. The standard InChI is InChI=1S/C24H35N3O4/c1-16(28)13-20-21(24(6,7)15-25-22(29)31-23(3,4)5)17(2)27(26-20)14-18-9-11-19(30-8)12-10-18/h9-12H,13-15H2,1-8H3,(H,25,29). The van der Waals surface area contributed by atoms with Crippen LogP contribution in [0.15, 0.2) is 24.3 Å². The van der Waals surface area contributed by atoms with Gasteiger partial charge in [-0.25, -0.2) is 4.79 Å². The SMILES string of the molecule is COc1ccc(Cn2nc(CC(C)=O)c(C(C)(C)CNC(=O)OC(C)(C)C)c2C)cc1. The summed E-state index contributed by atoms with van der Waals surface area (Å²) in [5, 5.41) is 7.62. The topological polar surface area (TPSA) is 82.5 Å². The van der Waals surface area contributed by atoms with Gasteiger partial charge in [0.25, 0.3) is 0 Å². The maximum absolute atomic E-state index is 12.2. The smallest absolute Gasteiger partial charge is 0.407 e. The van der Waals surface area contributed by atoms with Gasteiger partial charge in [-0.1, -0.05) is 26.0 Å². The van der Waals surface area contributed by atoms with Crippen molar-refractivity contribution in [2.45, 2.75) is 72.4 Å². The molecular weight excluding hydrogens is 394 g/mol. The summed E-state index contributed by atoms with van der Waals surface area (Å²) in [5.41, 5.74) is 2.78. The second kappa shape index (κ2) is 9.54. The normalized spacial score (nSPS) is 11.9. The van der Waals surface area contributed by atoms with Gasteiger partial charge < -0.3 is 14.8 Å². The molecule has 7 heteroatoms. The second-order valence-corrected chi connectivity index (χ2v) is 9.53. The first-order chi connectivity index (χ1) is 14.3. The molecule has 0 saturated carbocycles. The maximum atomic E-state index is 12.2. The van der Waals surface area contributed by atoms with Crippen LogP contribution in [0, 0.1) is 6.92 Å². The van der Waals surface area contributed by atoms with Gasteiger partial charge in [0.05, 0.1) is 25.8 Å². The number of amides is 1. The highest BCUT2D eigenvalue weighted by atomic mass is 16.6. The molecule has 0 unspecified atom stereocenters. The number of methoxy groups -OCH3 is 1. The molecule has 2 rings (SSSR count). The lowest BCUT2D eigenvalue weighted by molar-refractivity contribution is -0.116. The molecule has 170 valence electrons.